The largest absolute Gasteiger partial charge is 0.495 e. The summed E-state index contributed by atoms with van der Waals surface area (Å²) in [6, 6.07) is 12.0. The number of hydrogen-bond acceptors (Lipinski definition) is 4. The zero-order valence-corrected chi connectivity index (χ0v) is 13.1. The number of amides is 1. The SMILES string of the molecule is COc1ccc(Cl)cc1NC(=O)C[C@H]1OC(=O)c2ccccc21. The number of methoxy groups -OCH3 is 1. The number of nitrogens with one attached hydrogen (secondary N) is 1. The van der Waals surface area contributed by atoms with Crippen molar-refractivity contribution >= 4 is 29.2 Å². The molecule has 0 spiro atoms. The van der Waals surface area contributed by atoms with Crippen molar-refractivity contribution in [1.29, 1.82) is 0 Å². The number of carbonyl (C=O) groups excluding carboxylic acids is 2. The molecule has 0 aromatic heterocycles. The molecule has 0 unspecified atom stereocenters. The topological polar surface area (TPSA) is 64.6 Å². The maximum Gasteiger partial charge on any atom is 0.339 e. The van der Waals surface area contributed by atoms with Crippen LogP contribution in [-0.2, 0) is 9.53 Å². The Kier molecular flexibility index (Phi) is 4.21. The minimum absolute atomic E-state index is 0.0262. The van der Waals surface area contributed by atoms with Crippen molar-refractivity contribution < 1.29 is 19.1 Å². The molecule has 0 radical (unpaired) electrons. The number of ether oxygens (including phenoxy) is 2. The van der Waals surface area contributed by atoms with E-state index in [1.165, 1.54) is 7.11 Å². The maximum atomic E-state index is 12.3. The Bertz CT molecular complexity index is 775. The first-order valence-electron chi connectivity index (χ1n) is 7.02. The molecule has 0 aliphatic carbocycles. The van der Waals surface area contributed by atoms with E-state index in [4.69, 9.17) is 21.1 Å². The van der Waals surface area contributed by atoms with Gasteiger partial charge in [-0.25, -0.2) is 4.79 Å². The zero-order chi connectivity index (χ0) is 16.4. The average molecular weight is 332 g/mol. The number of cyclic esters (lactones) is 1. The molecule has 6 heteroatoms. The second-order valence-electron chi connectivity index (χ2n) is 5.08. The van der Waals surface area contributed by atoms with Gasteiger partial charge in [-0.05, 0) is 24.3 Å². The van der Waals surface area contributed by atoms with Gasteiger partial charge in [0.25, 0.3) is 0 Å². The van der Waals surface area contributed by atoms with E-state index in [2.05, 4.69) is 5.32 Å². The van der Waals surface area contributed by atoms with E-state index >= 15 is 0 Å². The van der Waals surface area contributed by atoms with Crippen LogP contribution in [0.4, 0.5) is 5.69 Å². The third-order valence-corrected chi connectivity index (χ3v) is 3.82. The van der Waals surface area contributed by atoms with Crippen molar-refractivity contribution in [2.75, 3.05) is 12.4 Å². The summed E-state index contributed by atoms with van der Waals surface area (Å²) in [7, 11) is 1.51. The number of fused-ring (bicyclic) bond motifs is 1. The van der Waals surface area contributed by atoms with E-state index in [0.717, 1.165) is 5.56 Å². The Hall–Kier alpha value is -2.53. The third kappa shape index (κ3) is 3.14. The van der Waals surface area contributed by atoms with Crippen molar-refractivity contribution in [1.82, 2.24) is 0 Å². The summed E-state index contributed by atoms with van der Waals surface area (Å²) in [6.07, 6.45) is -0.554. The lowest BCUT2D eigenvalue weighted by Gasteiger charge is -2.13. The van der Waals surface area contributed by atoms with Crippen LogP contribution in [-0.4, -0.2) is 19.0 Å². The second kappa shape index (κ2) is 6.30. The molecule has 118 valence electrons. The third-order valence-electron chi connectivity index (χ3n) is 3.58. The Morgan fingerprint density at radius 2 is 2.09 bits per heavy atom. The van der Waals surface area contributed by atoms with Gasteiger partial charge in [-0.3, -0.25) is 4.79 Å². The first kappa shape index (κ1) is 15.4. The maximum absolute atomic E-state index is 12.3. The van der Waals surface area contributed by atoms with Crippen LogP contribution < -0.4 is 10.1 Å². The van der Waals surface area contributed by atoms with Gasteiger partial charge in [0.15, 0.2) is 0 Å². The normalized spacial score (nSPS) is 15.7. The van der Waals surface area contributed by atoms with Gasteiger partial charge >= 0.3 is 5.97 Å². The van der Waals surface area contributed by atoms with E-state index in [0.29, 0.717) is 22.0 Å². The molecule has 1 N–H and O–H groups in total. The van der Waals surface area contributed by atoms with Crippen molar-refractivity contribution in [2.45, 2.75) is 12.5 Å². The summed E-state index contributed by atoms with van der Waals surface area (Å²) in [5.41, 5.74) is 1.71. The highest BCUT2D eigenvalue weighted by Crippen LogP contribution is 2.34. The van der Waals surface area contributed by atoms with Gasteiger partial charge < -0.3 is 14.8 Å². The van der Waals surface area contributed by atoms with Crippen LogP contribution >= 0.6 is 11.6 Å². The molecular formula is C17H14ClNO4. The number of carbonyl (C=O) groups is 2. The van der Waals surface area contributed by atoms with Gasteiger partial charge in [-0.15, -0.1) is 0 Å². The average Bonchev–Trinajstić information content (AvgIpc) is 2.84. The van der Waals surface area contributed by atoms with Crippen LogP contribution in [0.15, 0.2) is 42.5 Å². The van der Waals surface area contributed by atoms with E-state index in [9.17, 15) is 9.59 Å². The van der Waals surface area contributed by atoms with Gasteiger partial charge in [-0.1, -0.05) is 29.8 Å². The van der Waals surface area contributed by atoms with E-state index in [1.807, 2.05) is 6.07 Å². The number of anilines is 1. The minimum Gasteiger partial charge on any atom is -0.495 e. The number of esters is 1. The number of rotatable bonds is 4. The fourth-order valence-electron chi connectivity index (χ4n) is 2.52. The molecule has 2 aromatic rings. The van der Waals surface area contributed by atoms with Gasteiger partial charge in [0.1, 0.15) is 11.9 Å². The lowest BCUT2D eigenvalue weighted by Crippen LogP contribution is -2.16. The summed E-state index contributed by atoms with van der Waals surface area (Å²) in [5, 5.41) is 3.22. The molecule has 0 bridgehead atoms. The van der Waals surface area contributed by atoms with Gasteiger partial charge in [-0.2, -0.15) is 0 Å². The highest BCUT2D eigenvalue weighted by molar-refractivity contribution is 6.31. The van der Waals surface area contributed by atoms with Gasteiger partial charge in [0.2, 0.25) is 5.91 Å². The van der Waals surface area contributed by atoms with Crippen LogP contribution in [0, 0.1) is 0 Å². The molecule has 1 atom stereocenters. The number of benzene rings is 2. The molecule has 0 fully saturated rings. The minimum atomic E-state index is -0.580. The highest BCUT2D eigenvalue weighted by Gasteiger charge is 2.32. The highest BCUT2D eigenvalue weighted by atomic mass is 35.5. The fraction of sp³-hybridized carbons (Fsp3) is 0.176. The predicted molar refractivity (Wildman–Crippen MR) is 85.8 cm³/mol. The summed E-state index contributed by atoms with van der Waals surface area (Å²) >= 11 is 5.94. The molecule has 1 aliphatic heterocycles. The molecule has 1 aliphatic rings. The van der Waals surface area contributed by atoms with Crippen molar-refractivity contribution in [3.63, 3.8) is 0 Å². The first-order chi connectivity index (χ1) is 11.1. The monoisotopic (exact) mass is 331 g/mol. The Morgan fingerprint density at radius 1 is 1.30 bits per heavy atom. The lowest BCUT2D eigenvalue weighted by molar-refractivity contribution is -0.118. The number of hydrogen-bond donors (Lipinski definition) is 1. The van der Waals surface area contributed by atoms with Crippen LogP contribution in [0.5, 0.6) is 5.75 Å². The Labute approximate surface area is 138 Å². The van der Waals surface area contributed by atoms with Crippen molar-refractivity contribution in [2.24, 2.45) is 0 Å². The van der Waals surface area contributed by atoms with Crippen molar-refractivity contribution in [3.8, 4) is 5.75 Å². The number of halogens is 1. The lowest BCUT2D eigenvalue weighted by atomic mass is 10.0. The van der Waals surface area contributed by atoms with Gasteiger partial charge in [0.05, 0.1) is 24.8 Å². The molecule has 5 nitrogen and oxygen atoms in total. The molecule has 23 heavy (non-hydrogen) atoms. The predicted octanol–water partition coefficient (Wildman–Crippen LogP) is 3.59. The van der Waals surface area contributed by atoms with E-state index in [-0.39, 0.29) is 12.3 Å². The second-order valence-corrected chi connectivity index (χ2v) is 5.51. The van der Waals surface area contributed by atoms with Crippen LogP contribution in [0.25, 0.3) is 0 Å². The molecule has 1 heterocycles. The van der Waals surface area contributed by atoms with Gasteiger partial charge in [0, 0.05) is 10.6 Å². The van der Waals surface area contributed by atoms with E-state index in [1.54, 1.807) is 36.4 Å². The summed E-state index contributed by atoms with van der Waals surface area (Å²) in [5.74, 6) is -0.189. The quantitative estimate of drug-likeness (QED) is 0.870. The molecule has 3 rings (SSSR count). The van der Waals surface area contributed by atoms with E-state index < -0.39 is 12.1 Å². The van der Waals surface area contributed by atoms with Crippen LogP contribution in [0.3, 0.4) is 0 Å². The molecular weight excluding hydrogens is 318 g/mol. The molecule has 1 amide bonds. The standard InChI is InChI=1S/C17H14ClNO4/c1-22-14-7-6-10(18)8-13(14)19-16(20)9-15-11-4-2-3-5-12(11)17(21)23-15/h2-8,15H,9H2,1H3,(H,19,20)/t15-/m1/s1. The molecule has 2 aromatic carbocycles. The van der Waals surface area contributed by atoms with Crippen molar-refractivity contribution in [3.05, 3.63) is 58.6 Å². The molecule has 0 saturated heterocycles. The summed E-state index contributed by atoms with van der Waals surface area (Å²) < 4.78 is 10.4. The Morgan fingerprint density at radius 3 is 2.87 bits per heavy atom. The Balaban J connectivity index is 1.74. The summed E-state index contributed by atoms with van der Waals surface area (Å²) in [6.45, 7) is 0. The van der Waals surface area contributed by atoms with Crippen LogP contribution in [0.1, 0.15) is 28.4 Å². The fourth-order valence-corrected chi connectivity index (χ4v) is 2.69. The summed E-state index contributed by atoms with van der Waals surface area (Å²) in [4.78, 5) is 24.0. The first-order valence-corrected chi connectivity index (χ1v) is 7.39. The zero-order valence-electron chi connectivity index (χ0n) is 12.3. The molecule has 0 saturated carbocycles. The van der Waals surface area contributed by atoms with Crippen LogP contribution in [0.2, 0.25) is 5.02 Å². The smallest absolute Gasteiger partial charge is 0.339 e.